The summed E-state index contributed by atoms with van der Waals surface area (Å²) in [6.07, 6.45) is 2.11. The van der Waals surface area contributed by atoms with Crippen molar-refractivity contribution in [2.45, 2.75) is 45.2 Å². The molecule has 0 aromatic carbocycles. The van der Waals surface area contributed by atoms with Crippen LogP contribution in [0.2, 0.25) is 0 Å². The van der Waals surface area contributed by atoms with E-state index in [1.807, 2.05) is 25.7 Å². The van der Waals surface area contributed by atoms with Gasteiger partial charge in [0.1, 0.15) is 0 Å². The summed E-state index contributed by atoms with van der Waals surface area (Å²) in [6, 6.07) is 2.59. The molecular weight excluding hydrogens is 224 g/mol. The molecule has 4 heteroatoms. The van der Waals surface area contributed by atoms with Gasteiger partial charge in [0.25, 0.3) is 0 Å². The Morgan fingerprint density at radius 2 is 2.11 bits per heavy atom. The molecule has 1 rings (SSSR count). The number of rotatable bonds is 6. The summed E-state index contributed by atoms with van der Waals surface area (Å²) in [4.78, 5) is 2.32. The van der Waals surface area contributed by atoms with E-state index in [0.29, 0.717) is 6.04 Å². The van der Waals surface area contributed by atoms with E-state index in [4.69, 9.17) is 0 Å². The highest BCUT2D eigenvalue weighted by molar-refractivity contribution is 5.12. The standard InChI is InChI=1S/C14H28N4/c1-8-14(3,17(5)6)13(15-4)10-12-9-11(2)16-18(12)7/h9,13,15H,8,10H2,1-7H3. The van der Waals surface area contributed by atoms with Gasteiger partial charge in [-0.15, -0.1) is 0 Å². The number of nitrogens with one attached hydrogen (secondary N) is 1. The normalized spacial score (nSPS) is 16.9. The maximum atomic E-state index is 4.43. The van der Waals surface area contributed by atoms with Gasteiger partial charge in [-0.1, -0.05) is 6.92 Å². The third kappa shape index (κ3) is 2.93. The lowest BCUT2D eigenvalue weighted by Gasteiger charge is -2.42. The van der Waals surface area contributed by atoms with Gasteiger partial charge in [-0.3, -0.25) is 4.68 Å². The van der Waals surface area contributed by atoms with E-state index < -0.39 is 0 Å². The van der Waals surface area contributed by atoms with Crippen LogP contribution in [0.5, 0.6) is 0 Å². The lowest BCUT2D eigenvalue weighted by molar-refractivity contribution is 0.115. The van der Waals surface area contributed by atoms with Crippen molar-refractivity contribution in [3.05, 3.63) is 17.5 Å². The summed E-state index contributed by atoms with van der Waals surface area (Å²) in [6.45, 7) is 6.61. The summed E-state index contributed by atoms with van der Waals surface area (Å²) in [5.41, 5.74) is 2.52. The lowest BCUT2D eigenvalue weighted by atomic mass is 9.85. The van der Waals surface area contributed by atoms with E-state index in [0.717, 1.165) is 18.5 Å². The molecule has 104 valence electrons. The number of aromatic nitrogens is 2. The second-order valence-electron chi connectivity index (χ2n) is 5.55. The van der Waals surface area contributed by atoms with Gasteiger partial charge in [-0.05, 0) is 47.5 Å². The Balaban J connectivity index is 2.94. The Morgan fingerprint density at radius 1 is 1.50 bits per heavy atom. The van der Waals surface area contributed by atoms with Crippen LogP contribution < -0.4 is 5.32 Å². The van der Waals surface area contributed by atoms with E-state index in [1.54, 1.807) is 0 Å². The highest BCUT2D eigenvalue weighted by Crippen LogP contribution is 2.23. The fraction of sp³-hybridized carbons (Fsp3) is 0.786. The van der Waals surface area contributed by atoms with Crippen molar-refractivity contribution in [1.29, 1.82) is 0 Å². The van der Waals surface area contributed by atoms with Crippen LogP contribution in [0.15, 0.2) is 6.07 Å². The summed E-state index contributed by atoms with van der Waals surface area (Å²) >= 11 is 0. The van der Waals surface area contributed by atoms with Crippen LogP contribution in [-0.2, 0) is 13.5 Å². The minimum Gasteiger partial charge on any atom is -0.315 e. The number of hydrogen-bond acceptors (Lipinski definition) is 3. The Morgan fingerprint density at radius 3 is 2.44 bits per heavy atom. The van der Waals surface area contributed by atoms with Crippen molar-refractivity contribution in [1.82, 2.24) is 20.0 Å². The van der Waals surface area contributed by atoms with E-state index >= 15 is 0 Å². The molecule has 0 saturated carbocycles. The molecule has 0 aliphatic heterocycles. The molecular formula is C14H28N4. The van der Waals surface area contributed by atoms with E-state index in [9.17, 15) is 0 Å². The maximum absolute atomic E-state index is 4.43. The highest BCUT2D eigenvalue weighted by Gasteiger charge is 2.34. The van der Waals surface area contributed by atoms with Crippen molar-refractivity contribution < 1.29 is 0 Å². The average Bonchev–Trinajstić information content (AvgIpc) is 2.63. The van der Waals surface area contributed by atoms with Gasteiger partial charge in [0.05, 0.1) is 5.69 Å². The van der Waals surface area contributed by atoms with Gasteiger partial charge < -0.3 is 10.2 Å². The fourth-order valence-electron chi connectivity index (χ4n) is 2.57. The van der Waals surface area contributed by atoms with Crippen LogP contribution in [0.3, 0.4) is 0 Å². The molecule has 0 radical (unpaired) electrons. The molecule has 2 unspecified atom stereocenters. The monoisotopic (exact) mass is 252 g/mol. The van der Waals surface area contributed by atoms with Crippen molar-refractivity contribution >= 4 is 0 Å². The van der Waals surface area contributed by atoms with Crippen LogP contribution in [0.25, 0.3) is 0 Å². The molecule has 18 heavy (non-hydrogen) atoms. The maximum Gasteiger partial charge on any atom is 0.0596 e. The second-order valence-corrected chi connectivity index (χ2v) is 5.55. The first kappa shape index (κ1) is 15.2. The molecule has 0 fully saturated rings. The summed E-state index contributed by atoms with van der Waals surface area (Å²) in [5.74, 6) is 0. The van der Waals surface area contributed by atoms with E-state index in [2.05, 4.69) is 49.3 Å². The van der Waals surface area contributed by atoms with Crippen LogP contribution in [-0.4, -0.2) is 47.4 Å². The third-order valence-electron chi connectivity index (χ3n) is 4.35. The number of likely N-dealkylation sites (N-methyl/N-ethyl adjacent to an activating group) is 2. The summed E-state index contributed by atoms with van der Waals surface area (Å²) in [5, 5.41) is 7.90. The molecule has 2 atom stereocenters. The molecule has 1 N–H and O–H groups in total. The quantitative estimate of drug-likeness (QED) is 0.834. The number of hydrogen-bond donors (Lipinski definition) is 1. The Labute approximate surface area is 111 Å². The molecule has 1 aromatic heterocycles. The van der Waals surface area contributed by atoms with Gasteiger partial charge in [-0.25, -0.2) is 0 Å². The first-order valence-corrected chi connectivity index (χ1v) is 6.69. The van der Waals surface area contributed by atoms with Gasteiger partial charge in [0.15, 0.2) is 0 Å². The molecule has 0 amide bonds. The predicted octanol–water partition coefficient (Wildman–Crippen LogP) is 1.59. The summed E-state index contributed by atoms with van der Waals surface area (Å²) < 4.78 is 1.99. The Kier molecular flexibility index (Phi) is 4.93. The lowest BCUT2D eigenvalue weighted by Crippen LogP contribution is -2.57. The van der Waals surface area contributed by atoms with E-state index in [1.165, 1.54) is 5.69 Å². The topological polar surface area (TPSA) is 33.1 Å². The average molecular weight is 252 g/mol. The molecule has 1 aromatic rings. The number of nitrogens with zero attached hydrogens (tertiary/aromatic N) is 3. The Hall–Kier alpha value is -0.870. The van der Waals surface area contributed by atoms with Crippen LogP contribution in [0.4, 0.5) is 0 Å². The molecule has 1 heterocycles. The molecule has 0 aliphatic carbocycles. The van der Waals surface area contributed by atoms with Crippen molar-refractivity contribution in [3.8, 4) is 0 Å². The van der Waals surface area contributed by atoms with Crippen molar-refractivity contribution in [2.75, 3.05) is 21.1 Å². The van der Waals surface area contributed by atoms with Crippen LogP contribution >= 0.6 is 0 Å². The van der Waals surface area contributed by atoms with Crippen LogP contribution in [0.1, 0.15) is 31.7 Å². The highest BCUT2D eigenvalue weighted by atomic mass is 15.3. The summed E-state index contributed by atoms with van der Waals surface area (Å²) in [7, 11) is 8.38. The minimum atomic E-state index is 0.146. The van der Waals surface area contributed by atoms with Gasteiger partial charge in [0.2, 0.25) is 0 Å². The van der Waals surface area contributed by atoms with Crippen LogP contribution in [0, 0.1) is 6.92 Å². The zero-order chi connectivity index (χ0) is 13.9. The Bertz CT molecular complexity index is 383. The second kappa shape index (κ2) is 5.85. The van der Waals surface area contributed by atoms with Crippen molar-refractivity contribution in [3.63, 3.8) is 0 Å². The largest absolute Gasteiger partial charge is 0.315 e. The first-order chi connectivity index (χ1) is 8.35. The zero-order valence-electron chi connectivity index (χ0n) is 12.9. The third-order valence-corrected chi connectivity index (χ3v) is 4.35. The van der Waals surface area contributed by atoms with E-state index in [-0.39, 0.29) is 5.54 Å². The number of aryl methyl sites for hydroxylation is 2. The SMILES string of the molecule is CCC(C)(C(Cc1cc(C)nn1C)NC)N(C)C. The molecule has 0 bridgehead atoms. The predicted molar refractivity (Wildman–Crippen MR) is 76.9 cm³/mol. The minimum absolute atomic E-state index is 0.146. The fourth-order valence-corrected chi connectivity index (χ4v) is 2.57. The first-order valence-electron chi connectivity index (χ1n) is 6.69. The smallest absolute Gasteiger partial charge is 0.0596 e. The van der Waals surface area contributed by atoms with Gasteiger partial charge in [0, 0.05) is 30.7 Å². The van der Waals surface area contributed by atoms with Crippen molar-refractivity contribution in [2.24, 2.45) is 7.05 Å². The molecule has 4 nitrogen and oxygen atoms in total. The molecule has 0 spiro atoms. The molecule has 0 aliphatic rings. The molecule has 0 saturated heterocycles. The van der Waals surface area contributed by atoms with Gasteiger partial charge >= 0.3 is 0 Å². The zero-order valence-corrected chi connectivity index (χ0v) is 12.9. The van der Waals surface area contributed by atoms with Gasteiger partial charge in [-0.2, -0.15) is 5.10 Å².